The lowest BCUT2D eigenvalue weighted by Crippen LogP contribution is -2.51. The molecular formula is C19H28N4O2. The average molecular weight is 344 g/mol. The van der Waals surface area contributed by atoms with E-state index in [1.165, 1.54) is 0 Å². The second-order valence-corrected chi connectivity index (χ2v) is 6.96. The normalized spacial score (nSPS) is 24.2. The lowest BCUT2D eigenvalue weighted by Gasteiger charge is -2.38. The first-order chi connectivity index (χ1) is 12.2. The molecule has 6 nitrogen and oxygen atoms in total. The number of piperazine rings is 1. The summed E-state index contributed by atoms with van der Waals surface area (Å²) in [5.74, 6) is 0.0163. The molecule has 6 heteroatoms. The maximum absolute atomic E-state index is 13.2. The Labute approximate surface area is 149 Å². The van der Waals surface area contributed by atoms with Gasteiger partial charge in [-0.05, 0) is 24.5 Å². The maximum Gasteiger partial charge on any atom is 0.228 e. The fourth-order valence-corrected chi connectivity index (χ4v) is 4.05. The third-order valence-corrected chi connectivity index (χ3v) is 5.49. The Morgan fingerprint density at radius 2 is 2.20 bits per heavy atom. The second-order valence-electron chi connectivity index (χ2n) is 6.96. The molecule has 0 aromatic carbocycles. The van der Waals surface area contributed by atoms with Crippen molar-refractivity contribution in [3.8, 4) is 0 Å². The molecule has 1 aromatic heterocycles. The number of nitrogens with one attached hydrogen (secondary N) is 1. The average Bonchev–Trinajstić information content (AvgIpc) is 3.05. The Morgan fingerprint density at radius 3 is 2.88 bits per heavy atom. The number of pyridine rings is 1. The van der Waals surface area contributed by atoms with Gasteiger partial charge in [0.25, 0.3) is 0 Å². The summed E-state index contributed by atoms with van der Waals surface area (Å²) >= 11 is 0. The quantitative estimate of drug-likeness (QED) is 0.881. The number of nitrogens with zero attached hydrogens (tertiary/aromatic N) is 3. The summed E-state index contributed by atoms with van der Waals surface area (Å²) < 4.78 is 0. The van der Waals surface area contributed by atoms with E-state index in [4.69, 9.17) is 0 Å². The van der Waals surface area contributed by atoms with Crippen LogP contribution in [0.5, 0.6) is 0 Å². The van der Waals surface area contributed by atoms with Gasteiger partial charge in [0.1, 0.15) is 0 Å². The fraction of sp³-hybridized carbons (Fsp3) is 0.632. The van der Waals surface area contributed by atoms with Crippen molar-refractivity contribution in [2.24, 2.45) is 5.92 Å². The molecule has 3 heterocycles. The summed E-state index contributed by atoms with van der Waals surface area (Å²) in [6.45, 7) is 6.96. The monoisotopic (exact) mass is 344 g/mol. The predicted molar refractivity (Wildman–Crippen MR) is 95.8 cm³/mol. The van der Waals surface area contributed by atoms with E-state index in [0.29, 0.717) is 19.5 Å². The predicted octanol–water partition coefficient (Wildman–Crippen LogP) is 1.59. The van der Waals surface area contributed by atoms with Crippen molar-refractivity contribution >= 4 is 11.8 Å². The molecule has 2 atom stereocenters. The third-order valence-electron chi connectivity index (χ3n) is 5.49. The van der Waals surface area contributed by atoms with Crippen LogP contribution in [0.1, 0.15) is 44.7 Å². The molecule has 2 fully saturated rings. The number of hydrogen-bond donors (Lipinski definition) is 1. The van der Waals surface area contributed by atoms with Gasteiger partial charge in [-0.3, -0.25) is 14.6 Å². The SMILES string of the molecule is CCC(CC)N1CC(C(=O)N2CCNCC2c2cccnc2)CC1=O. The van der Waals surface area contributed by atoms with Gasteiger partial charge in [-0.2, -0.15) is 0 Å². The van der Waals surface area contributed by atoms with Gasteiger partial charge < -0.3 is 15.1 Å². The molecule has 136 valence electrons. The van der Waals surface area contributed by atoms with E-state index in [2.05, 4.69) is 24.1 Å². The molecule has 0 saturated carbocycles. The van der Waals surface area contributed by atoms with Crippen molar-refractivity contribution in [3.63, 3.8) is 0 Å². The van der Waals surface area contributed by atoms with Gasteiger partial charge >= 0.3 is 0 Å². The number of amides is 2. The number of carbonyl (C=O) groups excluding carboxylic acids is 2. The van der Waals surface area contributed by atoms with E-state index in [1.807, 2.05) is 28.1 Å². The van der Waals surface area contributed by atoms with Crippen molar-refractivity contribution in [1.29, 1.82) is 0 Å². The van der Waals surface area contributed by atoms with Gasteiger partial charge in [-0.15, -0.1) is 0 Å². The molecule has 2 saturated heterocycles. The first-order valence-electron chi connectivity index (χ1n) is 9.36. The lowest BCUT2D eigenvalue weighted by molar-refractivity contribution is -0.139. The largest absolute Gasteiger partial charge is 0.339 e. The zero-order valence-electron chi connectivity index (χ0n) is 15.1. The molecule has 1 aromatic rings. The standard InChI is InChI=1S/C19H28N4O2/c1-3-16(4-2)23-13-15(10-18(23)24)19(25)22-9-8-21-12-17(22)14-6-5-7-20-11-14/h5-7,11,15-17,21H,3-4,8-10,12-13H2,1-2H3. The van der Waals surface area contributed by atoms with Gasteiger partial charge in [0.05, 0.1) is 12.0 Å². The minimum atomic E-state index is -0.217. The second kappa shape index (κ2) is 7.95. The van der Waals surface area contributed by atoms with Crippen LogP contribution < -0.4 is 5.32 Å². The lowest BCUT2D eigenvalue weighted by atomic mass is 10.0. The van der Waals surface area contributed by atoms with Crippen molar-refractivity contribution < 1.29 is 9.59 Å². The van der Waals surface area contributed by atoms with Crippen molar-refractivity contribution in [2.45, 2.75) is 45.2 Å². The number of hydrogen-bond acceptors (Lipinski definition) is 4. The Morgan fingerprint density at radius 1 is 1.40 bits per heavy atom. The zero-order chi connectivity index (χ0) is 17.8. The number of aromatic nitrogens is 1. The molecule has 0 radical (unpaired) electrons. The Balaban J connectivity index is 1.74. The molecule has 2 aliphatic rings. The molecule has 2 aliphatic heterocycles. The Bertz CT molecular complexity index is 603. The van der Waals surface area contributed by atoms with Crippen LogP contribution in [0.25, 0.3) is 0 Å². The smallest absolute Gasteiger partial charge is 0.228 e. The minimum absolute atomic E-state index is 0.00718. The molecule has 25 heavy (non-hydrogen) atoms. The van der Waals surface area contributed by atoms with E-state index in [0.717, 1.165) is 31.5 Å². The van der Waals surface area contributed by atoms with Crippen LogP contribution in [0, 0.1) is 5.92 Å². The van der Waals surface area contributed by atoms with Gasteiger partial charge in [0.2, 0.25) is 11.8 Å². The van der Waals surface area contributed by atoms with Crippen molar-refractivity contribution in [3.05, 3.63) is 30.1 Å². The molecule has 0 spiro atoms. The molecule has 2 unspecified atom stereocenters. The minimum Gasteiger partial charge on any atom is -0.339 e. The molecule has 0 aliphatic carbocycles. The number of carbonyl (C=O) groups is 2. The van der Waals surface area contributed by atoms with Gasteiger partial charge in [0, 0.05) is 51.0 Å². The van der Waals surface area contributed by atoms with Crippen LogP contribution in [-0.4, -0.2) is 58.8 Å². The van der Waals surface area contributed by atoms with E-state index in [-0.39, 0.29) is 29.8 Å². The summed E-state index contributed by atoms with van der Waals surface area (Å²) in [7, 11) is 0. The molecule has 0 bridgehead atoms. The molecule has 3 rings (SSSR count). The highest BCUT2D eigenvalue weighted by atomic mass is 16.2. The van der Waals surface area contributed by atoms with E-state index >= 15 is 0 Å². The molecular weight excluding hydrogens is 316 g/mol. The van der Waals surface area contributed by atoms with Crippen LogP contribution in [0.3, 0.4) is 0 Å². The molecule has 1 N–H and O–H groups in total. The van der Waals surface area contributed by atoms with Crippen LogP contribution in [-0.2, 0) is 9.59 Å². The highest BCUT2D eigenvalue weighted by molar-refractivity contribution is 5.89. The summed E-state index contributed by atoms with van der Waals surface area (Å²) in [5, 5.41) is 3.36. The highest BCUT2D eigenvalue weighted by Crippen LogP contribution is 2.29. The van der Waals surface area contributed by atoms with Gasteiger partial charge in [-0.1, -0.05) is 19.9 Å². The van der Waals surface area contributed by atoms with Gasteiger partial charge in [-0.25, -0.2) is 0 Å². The number of likely N-dealkylation sites (tertiary alicyclic amines) is 1. The van der Waals surface area contributed by atoms with Gasteiger partial charge in [0.15, 0.2) is 0 Å². The summed E-state index contributed by atoms with van der Waals surface area (Å²) in [5.41, 5.74) is 1.05. The van der Waals surface area contributed by atoms with E-state index in [1.54, 1.807) is 6.20 Å². The van der Waals surface area contributed by atoms with E-state index < -0.39 is 0 Å². The topological polar surface area (TPSA) is 65.5 Å². The summed E-state index contributed by atoms with van der Waals surface area (Å²) in [6.07, 6.45) is 5.80. The Hall–Kier alpha value is -1.95. The summed E-state index contributed by atoms with van der Waals surface area (Å²) in [4.78, 5) is 33.6. The van der Waals surface area contributed by atoms with Crippen LogP contribution in [0.4, 0.5) is 0 Å². The van der Waals surface area contributed by atoms with Crippen LogP contribution in [0.2, 0.25) is 0 Å². The fourth-order valence-electron chi connectivity index (χ4n) is 4.05. The highest BCUT2D eigenvalue weighted by Gasteiger charge is 2.40. The van der Waals surface area contributed by atoms with Crippen LogP contribution >= 0.6 is 0 Å². The third kappa shape index (κ3) is 3.68. The zero-order valence-corrected chi connectivity index (χ0v) is 15.1. The van der Waals surface area contributed by atoms with Crippen molar-refractivity contribution in [2.75, 3.05) is 26.2 Å². The summed E-state index contributed by atoms with van der Waals surface area (Å²) in [6, 6.07) is 4.16. The van der Waals surface area contributed by atoms with E-state index in [9.17, 15) is 9.59 Å². The first kappa shape index (κ1) is 17.9. The first-order valence-corrected chi connectivity index (χ1v) is 9.36. The maximum atomic E-state index is 13.2. The molecule has 2 amide bonds. The van der Waals surface area contributed by atoms with Crippen LogP contribution in [0.15, 0.2) is 24.5 Å². The van der Waals surface area contributed by atoms with Crippen molar-refractivity contribution in [1.82, 2.24) is 20.1 Å². The Kier molecular flexibility index (Phi) is 5.68. The number of rotatable bonds is 5.